The van der Waals surface area contributed by atoms with E-state index in [-0.39, 0.29) is 10.7 Å². The normalized spacial score (nSPS) is 29.6. The van der Waals surface area contributed by atoms with Crippen molar-refractivity contribution in [2.24, 2.45) is 5.92 Å². The van der Waals surface area contributed by atoms with Gasteiger partial charge < -0.3 is 0 Å². The van der Waals surface area contributed by atoms with Crippen LogP contribution in [0.25, 0.3) is 0 Å². The molecule has 1 aromatic carbocycles. The fourth-order valence-electron chi connectivity index (χ4n) is 2.21. The van der Waals surface area contributed by atoms with Gasteiger partial charge in [0.2, 0.25) is 0 Å². The van der Waals surface area contributed by atoms with Crippen LogP contribution in [0.5, 0.6) is 0 Å². The summed E-state index contributed by atoms with van der Waals surface area (Å²) in [6.45, 7) is 3.92. The number of benzene rings is 1. The first-order valence-corrected chi connectivity index (χ1v) is 6.18. The van der Waals surface area contributed by atoms with Crippen LogP contribution in [0, 0.1) is 5.92 Å². The largest absolute Gasteiger partial charge is 0.300 e. The molecule has 0 N–H and O–H groups in total. The van der Waals surface area contributed by atoms with Crippen molar-refractivity contribution >= 4 is 17.5 Å². The van der Waals surface area contributed by atoms with Crippen LogP contribution in [0.15, 0.2) is 35.2 Å². The maximum absolute atomic E-state index is 11.4. The molecule has 1 nitrogen and oxygen atoms in total. The van der Waals surface area contributed by atoms with E-state index in [4.69, 9.17) is 0 Å². The van der Waals surface area contributed by atoms with Gasteiger partial charge in [0.05, 0.1) is 0 Å². The third-order valence-corrected chi connectivity index (χ3v) is 4.71. The van der Waals surface area contributed by atoms with Crippen LogP contribution in [-0.2, 0) is 4.79 Å². The summed E-state index contributed by atoms with van der Waals surface area (Å²) >= 11 is 1.85. The molecule has 80 valence electrons. The molecule has 0 saturated heterocycles. The average molecular weight is 220 g/mol. The number of carbonyl (C=O) groups is 1. The zero-order valence-electron chi connectivity index (χ0n) is 9.19. The Hall–Kier alpha value is -0.760. The number of carbonyl (C=O) groups excluding carboxylic acids is 1. The SMILES string of the molecule is CC(=O)[C@@H]1CC[C@@]1(C)Sc1ccccc1. The summed E-state index contributed by atoms with van der Waals surface area (Å²) in [5.74, 6) is 0.592. The molecule has 0 heterocycles. The van der Waals surface area contributed by atoms with Gasteiger partial charge in [0.15, 0.2) is 0 Å². The van der Waals surface area contributed by atoms with Crippen LogP contribution in [-0.4, -0.2) is 10.5 Å². The van der Waals surface area contributed by atoms with Crippen molar-refractivity contribution in [1.29, 1.82) is 0 Å². The van der Waals surface area contributed by atoms with Crippen LogP contribution in [0.3, 0.4) is 0 Å². The van der Waals surface area contributed by atoms with E-state index in [2.05, 4.69) is 19.1 Å². The number of rotatable bonds is 3. The van der Waals surface area contributed by atoms with Gasteiger partial charge in [0, 0.05) is 15.6 Å². The van der Waals surface area contributed by atoms with Crippen LogP contribution < -0.4 is 0 Å². The van der Waals surface area contributed by atoms with Crippen LogP contribution >= 0.6 is 11.8 Å². The minimum atomic E-state index is 0.132. The van der Waals surface area contributed by atoms with Crippen molar-refractivity contribution < 1.29 is 4.79 Å². The number of Topliss-reactive ketones (excluding diaryl/α,β-unsaturated/α-hetero) is 1. The van der Waals surface area contributed by atoms with E-state index in [0.717, 1.165) is 12.8 Å². The van der Waals surface area contributed by atoms with E-state index in [1.54, 1.807) is 6.92 Å². The highest BCUT2D eigenvalue weighted by Gasteiger charge is 2.45. The summed E-state index contributed by atoms with van der Waals surface area (Å²) in [6, 6.07) is 10.4. The number of ketones is 1. The minimum Gasteiger partial charge on any atom is -0.300 e. The molecule has 2 atom stereocenters. The van der Waals surface area contributed by atoms with Crippen molar-refractivity contribution in [3.63, 3.8) is 0 Å². The van der Waals surface area contributed by atoms with E-state index in [1.807, 2.05) is 30.0 Å². The smallest absolute Gasteiger partial charge is 0.134 e. The molecule has 0 radical (unpaired) electrons. The maximum atomic E-state index is 11.4. The zero-order valence-corrected chi connectivity index (χ0v) is 10.0. The average Bonchev–Trinajstić information content (AvgIpc) is 2.17. The van der Waals surface area contributed by atoms with Crippen molar-refractivity contribution in [2.75, 3.05) is 0 Å². The van der Waals surface area contributed by atoms with Gasteiger partial charge >= 0.3 is 0 Å². The van der Waals surface area contributed by atoms with Crippen molar-refractivity contribution in [3.05, 3.63) is 30.3 Å². The van der Waals surface area contributed by atoms with Crippen molar-refractivity contribution in [1.82, 2.24) is 0 Å². The minimum absolute atomic E-state index is 0.132. The van der Waals surface area contributed by atoms with Crippen molar-refractivity contribution in [2.45, 2.75) is 36.3 Å². The van der Waals surface area contributed by atoms with Gasteiger partial charge in [-0.15, -0.1) is 11.8 Å². The number of hydrogen-bond donors (Lipinski definition) is 0. The molecule has 1 aliphatic rings. The highest BCUT2D eigenvalue weighted by atomic mass is 32.2. The molecule has 1 saturated carbocycles. The molecule has 1 fully saturated rings. The molecular weight excluding hydrogens is 204 g/mol. The van der Waals surface area contributed by atoms with Crippen molar-refractivity contribution in [3.8, 4) is 0 Å². The molecule has 1 aromatic rings. The maximum Gasteiger partial charge on any atom is 0.134 e. The highest BCUT2D eigenvalue weighted by Crippen LogP contribution is 2.51. The molecule has 0 spiro atoms. The Kier molecular flexibility index (Phi) is 2.87. The lowest BCUT2D eigenvalue weighted by Crippen LogP contribution is -2.45. The Morgan fingerprint density at radius 1 is 1.40 bits per heavy atom. The third kappa shape index (κ3) is 2.10. The number of hydrogen-bond acceptors (Lipinski definition) is 2. The van der Waals surface area contributed by atoms with Gasteiger partial charge in [0.25, 0.3) is 0 Å². The second-order valence-electron chi connectivity index (χ2n) is 4.43. The zero-order chi connectivity index (χ0) is 10.9. The summed E-state index contributed by atoms with van der Waals surface area (Å²) in [4.78, 5) is 12.7. The van der Waals surface area contributed by atoms with E-state index in [0.29, 0.717) is 5.78 Å². The summed E-state index contributed by atoms with van der Waals surface area (Å²) in [6.07, 6.45) is 2.21. The van der Waals surface area contributed by atoms with Crippen LogP contribution in [0.1, 0.15) is 26.7 Å². The molecule has 15 heavy (non-hydrogen) atoms. The lowest BCUT2D eigenvalue weighted by molar-refractivity contribution is -0.124. The third-order valence-electron chi connectivity index (χ3n) is 3.25. The second-order valence-corrected chi connectivity index (χ2v) is 6.04. The Morgan fingerprint density at radius 3 is 2.53 bits per heavy atom. The van der Waals surface area contributed by atoms with Gasteiger partial charge in [-0.25, -0.2) is 0 Å². The van der Waals surface area contributed by atoms with E-state index in [1.165, 1.54) is 4.90 Å². The summed E-state index contributed by atoms with van der Waals surface area (Å²) in [7, 11) is 0. The Balaban J connectivity index is 2.09. The highest BCUT2D eigenvalue weighted by molar-refractivity contribution is 8.00. The molecule has 2 rings (SSSR count). The second kappa shape index (κ2) is 4.01. The molecule has 1 aliphatic carbocycles. The van der Waals surface area contributed by atoms with Gasteiger partial charge in [-0.05, 0) is 38.8 Å². The van der Waals surface area contributed by atoms with E-state index < -0.39 is 0 Å². The molecule has 0 unspecified atom stereocenters. The Bertz CT molecular complexity index is 360. The molecule has 0 aromatic heterocycles. The molecule has 0 amide bonds. The molecule has 2 heteroatoms. The first-order valence-electron chi connectivity index (χ1n) is 5.36. The molecule has 0 bridgehead atoms. The standard InChI is InChI=1S/C13H16OS/c1-10(14)12-8-9-13(12,2)15-11-6-4-3-5-7-11/h3-7,12H,8-9H2,1-2H3/t12-,13+/m0/s1. The predicted octanol–water partition coefficient (Wildman–Crippen LogP) is 3.54. The number of thioether (sulfide) groups is 1. The first kappa shape index (κ1) is 10.7. The van der Waals surface area contributed by atoms with Gasteiger partial charge in [-0.3, -0.25) is 4.79 Å². The molecule has 0 aliphatic heterocycles. The van der Waals surface area contributed by atoms with E-state index >= 15 is 0 Å². The predicted molar refractivity (Wildman–Crippen MR) is 64.1 cm³/mol. The van der Waals surface area contributed by atoms with Crippen LogP contribution in [0.4, 0.5) is 0 Å². The lowest BCUT2D eigenvalue weighted by atomic mass is 9.72. The van der Waals surface area contributed by atoms with Gasteiger partial charge in [-0.2, -0.15) is 0 Å². The lowest BCUT2D eigenvalue weighted by Gasteiger charge is -2.45. The fourth-order valence-corrected chi connectivity index (χ4v) is 3.69. The Labute approximate surface area is 95.3 Å². The monoisotopic (exact) mass is 220 g/mol. The summed E-state index contributed by atoms with van der Waals surface area (Å²) in [5, 5.41) is 0. The summed E-state index contributed by atoms with van der Waals surface area (Å²) < 4.78 is 0.132. The Morgan fingerprint density at radius 2 is 2.07 bits per heavy atom. The van der Waals surface area contributed by atoms with Gasteiger partial charge in [-0.1, -0.05) is 18.2 Å². The quantitative estimate of drug-likeness (QED) is 0.775. The van der Waals surface area contributed by atoms with Gasteiger partial charge in [0.1, 0.15) is 5.78 Å². The van der Waals surface area contributed by atoms with Crippen LogP contribution in [0.2, 0.25) is 0 Å². The topological polar surface area (TPSA) is 17.1 Å². The first-order chi connectivity index (χ1) is 7.12. The van der Waals surface area contributed by atoms with E-state index in [9.17, 15) is 4.79 Å². The fraction of sp³-hybridized carbons (Fsp3) is 0.462. The summed E-state index contributed by atoms with van der Waals surface area (Å²) in [5.41, 5.74) is 0. The molecular formula is C13H16OS.